The van der Waals surface area contributed by atoms with Crippen molar-refractivity contribution in [1.82, 2.24) is 4.31 Å². The van der Waals surface area contributed by atoms with Gasteiger partial charge < -0.3 is 10.1 Å². The Balaban J connectivity index is 1.93. The van der Waals surface area contributed by atoms with Crippen LogP contribution in [0, 0.1) is 5.92 Å². The number of ether oxygens (including phenoxy) is 1. The van der Waals surface area contributed by atoms with Gasteiger partial charge in [0, 0.05) is 38.4 Å². The summed E-state index contributed by atoms with van der Waals surface area (Å²) in [7, 11) is -3.46. The number of amides is 1. The second kappa shape index (κ2) is 9.31. The maximum Gasteiger partial charge on any atom is 0.243 e. The number of sulfonamides is 1. The standard InChI is InChI=1S/C18H28N2O4S/c1-3-24-13-5-7-18(21)19-16-8-10-17(11-9-16)25(22,23)20-12-4-6-15(2)14-20/h8-11,15H,3-7,12-14H2,1-2H3,(H,19,21). The van der Waals surface area contributed by atoms with E-state index >= 15 is 0 Å². The smallest absolute Gasteiger partial charge is 0.243 e. The highest BCUT2D eigenvalue weighted by Crippen LogP contribution is 2.24. The van der Waals surface area contributed by atoms with E-state index in [0.29, 0.717) is 50.8 Å². The van der Waals surface area contributed by atoms with Crippen LogP contribution in [0.5, 0.6) is 0 Å². The van der Waals surface area contributed by atoms with Crippen molar-refractivity contribution in [3.8, 4) is 0 Å². The average Bonchev–Trinajstić information content (AvgIpc) is 2.59. The van der Waals surface area contributed by atoms with Gasteiger partial charge in [-0.3, -0.25) is 4.79 Å². The molecule has 0 aliphatic carbocycles. The lowest BCUT2D eigenvalue weighted by molar-refractivity contribution is -0.116. The fourth-order valence-corrected chi connectivity index (χ4v) is 4.52. The van der Waals surface area contributed by atoms with E-state index in [2.05, 4.69) is 12.2 Å². The van der Waals surface area contributed by atoms with Crippen LogP contribution in [-0.2, 0) is 19.6 Å². The third-order valence-electron chi connectivity index (χ3n) is 4.29. The zero-order valence-corrected chi connectivity index (χ0v) is 15.8. The van der Waals surface area contributed by atoms with E-state index in [1.54, 1.807) is 28.6 Å². The Hall–Kier alpha value is -1.44. The molecule has 1 fully saturated rings. The van der Waals surface area contributed by atoms with Crippen molar-refractivity contribution in [2.75, 3.05) is 31.6 Å². The molecule has 1 aliphatic rings. The van der Waals surface area contributed by atoms with Gasteiger partial charge in [0.2, 0.25) is 15.9 Å². The fourth-order valence-electron chi connectivity index (χ4n) is 2.93. The summed E-state index contributed by atoms with van der Waals surface area (Å²) in [5.74, 6) is 0.291. The number of carbonyl (C=O) groups excluding carboxylic acids is 1. The molecule has 6 nitrogen and oxygen atoms in total. The molecule has 1 heterocycles. The van der Waals surface area contributed by atoms with Crippen LogP contribution in [0.25, 0.3) is 0 Å². The van der Waals surface area contributed by atoms with E-state index < -0.39 is 10.0 Å². The molecule has 0 bridgehead atoms. The molecule has 0 radical (unpaired) electrons. The van der Waals surface area contributed by atoms with Crippen LogP contribution in [0.3, 0.4) is 0 Å². The van der Waals surface area contributed by atoms with Crippen molar-refractivity contribution in [3.05, 3.63) is 24.3 Å². The number of piperidine rings is 1. The quantitative estimate of drug-likeness (QED) is 0.716. The van der Waals surface area contributed by atoms with E-state index in [4.69, 9.17) is 4.74 Å². The first-order valence-corrected chi connectivity index (χ1v) is 10.3. The number of rotatable bonds is 8. The van der Waals surface area contributed by atoms with E-state index in [1.165, 1.54) is 0 Å². The van der Waals surface area contributed by atoms with Gasteiger partial charge in [0.05, 0.1) is 4.90 Å². The van der Waals surface area contributed by atoms with Gasteiger partial charge in [-0.15, -0.1) is 0 Å². The van der Waals surface area contributed by atoms with Gasteiger partial charge in [-0.2, -0.15) is 4.31 Å². The molecule has 1 N–H and O–H groups in total. The number of anilines is 1. The van der Waals surface area contributed by atoms with Gasteiger partial charge in [0.1, 0.15) is 0 Å². The Morgan fingerprint density at radius 2 is 2.04 bits per heavy atom. The lowest BCUT2D eigenvalue weighted by atomic mass is 10.0. The molecule has 7 heteroatoms. The van der Waals surface area contributed by atoms with Crippen LogP contribution in [0.1, 0.15) is 39.5 Å². The number of hydrogen-bond acceptors (Lipinski definition) is 4. The topological polar surface area (TPSA) is 75.7 Å². The molecule has 0 aromatic heterocycles. The van der Waals surface area contributed by atoms with E-state index in [-0.39, 0.29) is 10.8 Å². The molecule has 1 aromatic carbocycles. The molecule has 1 atom stereocenters. The zero-order valence-electron chi connectivity index (χ0n) is 15.0. The minimum absolute atomic E-state index is 0.0971. The molecule has 2 rings (SSSR count). The number of benzene rings is 1. The summed E-state index contributed by atoms with van der Waals surface area (Å²) < 4.78 is 32.1. The number of hydrogen-bond donors (Lipinski definition) is 1. The minimum Gasteiger partial charge on any atom is -0.382 e. The molecule has 1 amide bonds. The second-order valence-corrected chi connectivity index (χ2v) is 8.42. The van der Waals surface area contributed by atoms with Crippen molar-refractivity contribution < 1.29 is 17.9 Å². The predicted octanol–water partition coefficient (Wildman–Crippen LogP) is 2.86. The monoisotopic (exact) mass is 368 g/mol. The summed E-state index contributed by atoms with van der Waals surface area (Å²) in [5.41, 5.74) is 0.604. The largest absolute Gasteiger partial charge is 0.382 e. The number of nitrogens with zero attached hydrogens (tertiary/aromatic N) is 1. The van der Waals surface area contributed by atoms with Gasteiger partial charge in [-0.25, -0.2) is 8.42 Å². The molecule has 1 aromatic rings. The molecule has 1 aliphatic heterocycles. The molecular formula is C18H28N2O4S. The van der Waals surface area contributed by atoms with E-state index in [9.17, 15) is 13.2 Å². The minimum atomic E-state index is -3.46. The molecule has 1 saturated heterocycles. The van der Waals surface area contributed by atoms with Gasteiger partial charge in [-0.05, 0) is 56.4 Å². The zero-order chi connectivity index (χ0) is 18.3. The van der Waals surface area contributed by atoms with Crippen molar-refractivity contribution in [1.29, 1.82) is 0 Å². The van der Waals surface area contributed by atoms with Crippen LogP contribution in [0.15, 0.2) is 29.2 Å². The van der Waals surface area contributed by atoms with Crippen LogP contribution in [0.4, 0.5) is 5.69 Å². The van der Waals surface area contributed by atoms with Crippen LogP contribution in [-0.4, -0.2) is 44.9 Å². The van der Waals surface area contributed by atoms with Crippen molar-refractivity contribution in [3.63, 3.8) is 0 Å². The van der Waals surface area contributed by atoms with Crippen LogP contribution >= 0.6 is 0 Å². The number of carbonyl (C=O) groups is 1. The molecule has 1 unspecified atom stereocenters. The molecule has 140 valence electrons. The SMILES string of the molecule is CCOCCCC(=O)Nc1ccc(S(=O)(=O)N2CCCC(C)C2)cc1. The van der Waals surface area contributed by atoms with Crippen LogP contribution in [0.2, 0.25) is 0 Å². The molecule has 0 saturated carbocycles. The van der Waals surface area contributed by atoms with Gasteiger partial charge in [-0.1, -0.05) is 6.92 Å². The fraction of sp³-hybridized carbons (Fsp3) is 0.611. The third-order valence-corrected chi connectivity index (χ3v) is 6.17. The highest BCUT2D eigenvalue weighted by molar-refractivity contribution is 7.89. The number of nitrogens with one attached hydrogen (secondary N) is 1. The average molecular weight is 368 g/mol. The summed E-state index contributed by atoms with van der Waals surface area (Å²) in [6, 6.07) is 6.40. The van der Waals surface area contributed by atoms with Crippen molar-refractivity contribution >= 4 is 21.6 Å². The van der Waals surface area contributed by atoms with Crippen LogP contribution < -0.4 is 5.32 Å². The van der Waals surface area contributed by atoms with Gasteiger partial charge >= 0.3 is 0 Å². The molecular weight excluding hydrogens is 340 g/mol. The maximum atomic E-state index is 12.7. The second-order valence-electron chi connectivity index (χ2n) is 6.48. The summed E-state index contributed by atoms with van der Waals surface area (Å²) in [4.78, 5) is 12.1. The maximum absolute atomic E-state index is 12.7. The summed E-state index contributed by atoms with van der Waals surface area (Å²) in [6.07, 6.45) is 3.02. The molecule has 25 heavy (non-hydrogen) atoms. The normalized spacial score (nSPS) is 18.9. The Morgan fingerprint density at radius 3 is 2.68 bits per heavy atom. The van der Waals surface area contributed by atoms with Crippen molar-refractivity contribution in [2.24, 2.45) is 5.92 Å². The van der Waals surface area contributed by atoms with Gasteiger partial charge in [0.15, 0.2) is 0 Å². The highest BCUT2D eigenvalue weighted by Gasteiger charge is 2.28. The Kier molecular flexibility index (Phi) is 7.40. The highest BCUT2D eigenvalue weighted by atomic mass is 32.2. The van der Waals surface area contributed by atoms with Gasteiger partial charge in [0.25, 0.3) is 0 Å². The Bertz CT molecular complexity index is 658. The summed E-state index contributed by atoms with van der Waals surface area (Å²) >= 11 is 0. The lowest BCUT2D eigenvalue weighted by Gasteiger charge is -2.30. The first-order chi connectivity index (χ1) is 11.9. The Morgan fingerprint density at radius 1 is 1.32 bits per heavy atom. The first-order valence-electron chi connectivity index (χ1n) is 8.91. The summed E-state index contributed by atoms with van der Waals surface area (Å²) in [5, 5.41) is 2.78. The lowest BCUT2D eigenvalue weighted by Crippen LogP contribution is -2.39. The predicted molar refractivity (Wildman–Crippen MR) is 98.0 cm³/mol. The first kappa shape index (κ1) is 19.9. The Labute approximate surface area is 150 Å². The van der Waals surface area contributed by atoms with Crippen molar-refractivity contribution in [2.45, 2.75) is 44.4 Å². The van der Waals surface area contributed by atoms with E-state index in [0.717, 1.165) is 12.8 Å². The summed E-state index contributed by atoms with van der Waals surface area (Å²) in [6.45, 7) is 6.35. The third kappa shape index (κ3) is 5.80. The molecule has 0 spiro atoms. The van der Waals surface area contributed by atoms with E-state index in [1.807, 2.05) is 6.92 Å².